The van der Waals surface area contributed by atoms with E-state index in [0.717, 1.165) is 24.5 Å². The molecule has 2 atom stereocenters. The summed E-state index contributed by atoms with van der Waals surface area (Å²) in [6.45, 7) is 4.39. The number of aliphatic imine (C=N–C) groups is 1. The van der Waals surface area contributed by atoms with Gasteiger partial charge in [-0.05, 0) is 54.9 Å². The first kappa shape index (κ1) is 17.1. The van der Waals surface area contributed by atoms with Crippen LogP contribution in [0.15, 0.2) is 53.5 Å². The standard InChI is InChI=1S/C21H26N4O/c1-26-20-9-5-17(6-10-20)18-13-22-21(23-14-18)24-19-7-3-16(4-8-19)15-25-11-2-12-25/h3-10,13,18,21,23-24H,2,11-12,14-15H2,1H3. The summed E-state index contributed by atoms with van der Waals surface area (Å²) in [5.74, 6) is 1.17. The van der Waals surface area contributed by atoms with Crippen molar-refractivity contribution in [3.05, 3.63) is 59.7 Å². The zero-order valence-electron chi connectivity index (χ0n) is 15.2. The molecule has 4 rings (SSSR count). The highest BCUT2D eigenvalue weighted by Crippen LogP contribution is 2.21. The summed E-state index contributed by atoms with van der Waals surface area (Å²) >= 11 is 0. The second-order valence-corrected chi connectivity index (χ2v) is 6.96. The molecular formula is C21H26N4O. The Morgan fingerprint density at radius 3 is 2.46 bits per heavy atom. The summed E-state index contributed by atoms with van der Waals surface area (Å²) in [5.41, 5.74) is 3.71. The van der Waals surface area contributed by atoms with Gasteiger partial charge in [-0.2, -0.15) is 0 Å². The van der Waals surface area contributed by atoms with Gasteiger partial charge in [0.1, 0.15) is 5.75 Å². The molecule has 2 unspecified atom stereocenters. The maximum Gasteiger partial charge on any atom is 0.173 e. The van der Waals surface area contributed by atoms with E-state index in [0.29, 0.717) is 0 Å². The summed E-state index contributed by atoms with van der Waals surface area (Å²) in [6, 6.07) is 16.9. The lowest BCUT2D eigenvalue weighted by atomic mass is 9.99. The van der Waals surface area contributed by atoms with Gasteiger partial charge < -0.3 is 10.1 Å². The number of methoxy groups -OCH3 is 1. The second-order valence-electron chi connectivity index (χ2n) is 6.96. The molecule has 2 heterocycles. The maximum absolute atomic E-state index is 5.22. The van der Waals surface area contributed by atoms with E-state index < -0.39 is 0 Å². The van der Waals surface area contributed by atoms with Crippen LogP contribution in [0.3, 0.4) is 0 Å². The number of likely N-dealkylation sites (tertiary alicyclic amines) is 1. The van der Waals surface area contributed by atoms with Gasteiger partial charge in [0.05, 0.1) is 7.11 Å². The molecular weight excluding hydrogens is 324 g/mol. The first-order valence-corrected chi connectivity index (χ1v) is 9.28. The average molecular weight is 350 g/mol. The summed E-state index contributed by atoms with van der Waals surface area (Å²) < 4.78 is 5.22. The van der Waals surface area contributed by atoms with E-state index in [1.54, 1.807) is 7.11 Å². The molecule has 26 heavy (non-hydrogen) atoms. The number of rotatable bonds is 6. The van der Waals surface area contributed by atoms with Crippen molar-refractivity contribution in [3.63, 3.8) is 0 Å². The Hall–Kier alpha value is -2.37. The lowest BCUT2D eigenvalue weighted by Gasteiger charge is -2.30. The van der Waals surface area contributed by atoms with Gasteiger partial charge in [0.25, 0.3) is 0 Å². The third-order valence-electron chi connectivity index (χ3n) is 5.10. The van der Waals surface area contributed by atoms with E-state index in [1.807, 2.05) is 18.3 Å². The highest BCUT2D eigenvalue weighted by Gasteiger charge is 2.18. The third-order valence-corrected chi connectivity index (χ3v) is 5.10. The van der Waals surface area contributed by atoms with Crippen LogP contribution in [-0.2, 0) is 6.54 Å². The van der Waals surface area contributed by atoms with E-state index in [2.05, 4.69) is 56.9 Å². The number of hydrogen-bond donors (Lipinski definition) is 2. The zero-order chi connectivity index (χ0) is 17.8. The van der Waals surface area contributed by atoms with Crippen LogP contribution >= 0.6 is 0 Å². The van der Waals surface area contributed by atoms with Gasteiger partial charge in [0.2, 0.25) is 0 Å². The molecule has 1 saturated heterocycles. The minimum atomic E-state index is -0.0780. The first-order valence-electron chi connectivity index (χ1n) is 9.28. The van der Waals surface area contributed by atoms with Crippen LogP contribution in [0.25, 0.3) is 0 Å². The molecule has 5 nitrogen and oxygen atoms in total. The predicted octanol–water partition coefficient (Wildman–Crippen LogP) is 3.05. The maximum atomic E-state index is 5.22. The summed E-state index contributed by atoms with van der Waals surface area (Å²) in [7, 11) is 1.69. The van der Waals surface area contributed by atoms with Gasteiger partial charge in [0.15, 0.2) is 6.29 Å². The van der Waals surface area contributed by atoms with Crippen LogP contribution in [-0.4, -0.2) is 44.1 Å². The molecule has 0 aliphatic carbocycles. The molecule has 2 N–H and O–H groups in total. The predicted molar refractivity (Wildman–Crippen MR) is 106 cm³/mol. The average Bonchev–Trinajstić information content (AvgIpc) is 2.67. The fourth-order valence-electron chi connectivity index (χ4n) is 3.34. The Balaban J connectivity index is 1.31. The van der Waals surface area contributed by atoms with Gasteiger partial charge in [-0.15, -0.1) is 0 Å². The van der Waals surface area contributed by atoms with Crippen molar-refractivity contribution in [1.82, 2.24) is 10.2 Å². The van der Waals surface area contributed by atoms with E-state index in [9.17, 15) is 0 Å². The summed E-state index contributed by atoms with van der Waals surface area (Å²) in [4.78, 5) is 7.10. The largest absolute Gasteiger partial charge is 0.497 e. The van der Waals surface area contributed by atoms with Crippen molar-refractivity contribution >= 4 is 11.9 Å². The van der Waals surface area contributed by atoms with E-state index >= 15 is 0 Å². The van der Waals surface area contributed by atoms with Gasteiger partial charge in [-0.1, -0.05) is 24.3 Å². The number of ether oxygens (including phenoxy) is 1. The summed E-state index contributed by atoms with van der Waals surface area (Å²) in [6.07, 6.45) is 3.29. The summed E-state index contributed by atoms with van der Waals surface area (Å²) in [5, 5.41) is 6.90. The van der Waals surface area contributed by atoms with Crippen LogP contribution in [0.1, 0.15) is 23.5 Å². The molecule has 2 aromatic carbocycles. The molecule has 0 spiro atoms. The van der Waals surface area contributed by atoms with Crippen molar-refractivity contribution in [3.8, 4) is 5.75 Å². The zero-order valence-corrected chi connectivity index (χ0v) is 15.2. The van der Waals surface area contributed by atoms with Crippen molar-refractivity contribution in [1.29, 1.82) is 0 Å². The highest BCUT2D eigenvalue weighted by atomic mass is 16.5. The van der Waals surface area contributed by atoms with Crippen LogP contribution in [0.2, 0.25) is 0 Å². The van der Waals surface area contributed by atoms with Gasteiger partial charge >= 0.3 is 0 Å². The second kappa shape index (κ2) is 7.89. The SMILES string of the molecule is COc1ccc(C2C=NC(Nc3ccc(CN4CCC4)cc3)NC2)cc1. The number of hydrogen-bond acceptors (Lipinski definition) is 5. The van der Waals surface area contributed by atoms with Gasteiger partial charge in [-0.3, -0.25) is 15.2 Å². The van der Waals surface area contributed by atoms with Crippen molar-refractivity contribution in [2.75, 3.05) is 32.1 Å². The van der Waals surface area contributed by atoms with Crippen LogP contribution in [0.4, 0.5) is 5.69 Å². The fraction of sp³-hybridized carbons (Fsp3) is 0.381. The lowest BCUT2D eigenvalue weighted by molar-refractivity contribution is 0.172. The van der Waals surface area contributed by atoms with Gasteiger partial charge in [0, 0.05) is 30.9 Å². The van der Waals surface area contributed by atoms with Crippen molar-refractivity contribution in [2.45, 2.75) is 25.2 Å². The lowest BCUT2D eigenvalue weighted by Crippen LogP contribution is -2.41. The molecule has 2 aliphatic rings. The topological polar surface area (TPSA) is 48.9 Å². The Labute approximate surface area is 155 Å². The first-order chi connectivity index (χ1) is 12.8. The molecule has 136 valence electrons. The Morgan fingerprint density at radius 2 is 1.88 bits per heavy atom. The normalized spacial score (nSPS) is 22.7. The molecule has 1 fully saturated rings. The molecule has 5 heteroatoms. The molecule has 2 aromatic rings. The quantitative estimate of drug-likeness (QED) is 0.841. The number of benzene rings is 2. The minimum absolute atomic E-state index is 0.0780. The van der Waals surface area contributed by atoms with E-state index in [1.165, 1.54) is 30.6 Å². The minimum Gasteiger partial charge on any atom is -0.497 e. The number of nitrogens with one attached hydrogen (secondary N) is 2. The number of nitrogens with zero attached hydrogens (tertiary/aromatic N) is 2. The third kappa shape index (κ3) is 4.06. The van der Waals surface area contributed by atoms with E-state index in [4.69, 9.17) is 4.74 Å². The molecule has 0 amide bonds. The van der Waals surface area contributed by atoms with Crippen molar-refractivity contribution in [2.24, 2.45) is 4.99 Å². The Kier molecular flexibility index (Phi) is 5.18. The molecule has 2 aliphatic heterocycles. The van der Waals surface area contributed by atoms with Crippen molar-refractivity contribution < 1.29 is 4.74 Å². The van der Waals surface area contributed by atoms with Crippen LogP contribution in [0, 0.1) is 0 Å². The monoisotopic (exact) mass is 350 g/mol. The number of anilines is 1. The van der Waals surface area contributed by atoms with Crippen LogP contribution < -0.4 is 15.4 Å². The Morgan fingerprint density at radius 1 is 1.12 bits per heavy atom. The highest BCUT2D eigenvalue weighted by molar-refractivity contribution is 5.69. The van der Waals surface area contributed by atoms with E-state index in [-0.39, 0.29) is 12.2 Å². The molecule has 0 saturated carbocycles. The molecule has 0 bridgehead atoms. The molecule has 0 aromatic heterocycles. The van der Waals surface area contributed by atoms with Crippen LogP contribution in [0.5, 0.6) is 5.75 Å². The fourth-order valence-corrected chi connectivity index (χ4v) is 3.34. The molecule has 0 radical (unpaired) electrons. The van der Waals surface area contributed by atoms with Gasteiger partial charge in [-0.25, -0.2) is 0 Å². The Bertz CT molecular complexity index is 738. The smallest absolute Gasteiger partial charge is 0.173 e.